The Morgan fingerprint density at radius 3 is 2.60 bits per heavy atom. The first-order chi connectivity index (χ1) is 9.63. The lowest BCUT2D eigenvalue weighted by Crippen LogP contribution is -2.37. The highest BCUT2D eigenvalue weighted by Crippen LogP contribution is 2.45. The highest BCUT2D eigenvalue weighted by molar-refractivity contribution is 5.62. The van der Waals surface area contributed by atoms with Gasteiger partial charge in [0.1, 0.15) is 0 Å². The van der Waals surface area contributed by atoms with Gasteiger partial charge in [-0.2, -0.15) is 0 Å². The van der Waals surface area contributed by atoms with Gasteiger partial charge in [0.15, 0.2) is 0 Å². The van der Waals surface area contributed by atoms with Gasteiger partial charge in [-0.3, -0.25) is 0 Å². The van der Waals surface area contributed by atoms with Gasteiger partial charge in [0.25, 0.3) is 0 Å². The number of rotatable bonds is 2. The molecule has 1 N–H and O–H groups in total. The van der Waals surface area contributed by atoms with Gasteiger partial charge in [-0.1, -0.05) is 44.2 Å². The molecule has 2 aliphatic rings. The predicted molar refractivity (Wildman–Crippen MR) is 87.0 cm³/mol. The molecule has 1 heteroatoms. The van der Waals surface area contributed by atoms with Gasteiger partial charge in [0.2, 0.25) is 0 Å². The van der Waals surface area contributed by atoms with Crippen LogP contribution in [-0.4, -0.2) is 13.1 Å². The van der Waals surface area contributed by atoms with E-state index < -0.39 is 0 Å². The average molecular weight is 269 g/mol. The molecule has 0 aromatic heterocycles. The van der Waals surface area contributed by atoms with Crippen molar-refractivity contribution in [2.45, 2.75) is 57.9 Å². The summed E-state index contributed by atoms with van der Waals surface area (Å²) in [6.45, 7) is 4.60. The molecule has 0 bridgehead atoms. The molecular weight excluding hydrogens is 242 g/mol. The largest absolute Gasteiger partial charge is 0.317 e. The zero-order valence-electron chi connectivity index (χ0n) is 13.1. The summed E-state index contributed by atoms with van der Waals surface area (Å²) in [6.07, 6.45) is 11.5. The fourth-order valence-electron chi connectivity index (χ4n) is 4.02. The molecule has 2 aliphatic carbocycles. The number of hydrogen-bond donors (Lipinski definition) is 1. The zero-order chi connectivity index (χ0) is 14.2. The van der Waals surface area contributed by atoms with Crippen LogP contribution in [0.2, 0.25) is 0 Å². The summed E-state index contributed by atoms with van der Waals surface area (Å²) in [5.41, 5.74) is 5.03. The van der Waals surface area contributed by atoms with E-state index in [0.717, 1.165) is 6.04 Å². The molecule has 1 fully saturated rings. The quantitative estimate of drug-likeness (QED) is 0.832. The van der Waals surface area contributed by atoms with Gasteiger partial charge < -0.3 is 5.32 Å². The van der Waals surface area contributed by atoms with Crippen molar-refractivity contribution >= 4 is 6.08 Å². The van der Waals surface area contributed by atoms with E-state index in [1.54, 1.807) is 5.56 Å². The second-order valence-electron chi connectivity index (χ2n) is 7.01. The number of allylic oxidation sites excluding steroid dienone is 1. The third kappa shape index (κ3) is 2.44. The minimum Gasteiger partial charge on any atom is -0.317 e. The molecule has 108 valence electrons. The Morgan fingerprint density at radius 2 is 1.95 bits per heavy atom. The molecule has 0 unspecified atom stereocenters. The van der Waals surface area contributed by atoms with Crippen molar-refractivity contribution in [1.82, 2.24) is 5.32 Å². The van der Waals surface area contributed by atoms with E-state index in [2.05, 4.69) is 56.6 Å². The summed E-state index contributed by atoms with van der Waals surface area (Å²) in [4.78, 5) is 0. The number of nitrogens with one attached hydrogen (secondary N) is 1. The molecule has 1 spiro atoms. The summed E-state index contributed by atoms with van der Waals surface area (Å²) in [7, 11) is 2.10. The molecule has 0 amide bonds. The van der Waals surface area contributed by atoms with Crippen LogP contribution < -0.4 is 5.32 Å². The lowest BCUT2D eigenvalue weighted by Gasteiger charge is -2.41. The van der Waals surface area contributed by atoms with Gasteiger partial charge in [-0.05, 0) is 67.2 Å². The SMILES string of the molecule is CNC1CCC2(C=Cc3c(cccc3C(C)C)C2)CC1. The number of benzene rings is 1. The zero-order valence-corrected chi connectivity index (χ0v) is 13.1. The summed E-state index contributed by atoms with van der Waals surface area (Å²) < 4.78 is 0. The second kappa shape index (κ2) is 5.37. The predicted octanol–water partition coefficient (Wildman–Crippen LogP) is 4.53. The van der Waals surface area contributed by atoms with Crippen LogP contribution in [-0.2, 0) is 6.42 Å². The summed E-state index contributed by atoms with van der Waals surface area (Å²) in [5, 5.41) is 3.44. The highest BCUT2D eigenvalue weighted by atomic mass is 14.9. The van der Waals surface area contributed by atoms with Crippen molar-refractivity contribution in [1.29, 1.82) is 0 Å². The molecule has 1 aromatic rings. The van der Waals surface area contributed by atoms with Crippen molar-refractivity contribution in [2.24, 2.45) is 5.41 Å². The van der Waals surface area contributed by atoms with E-state index in [1.165, 1.54) is 43.2 Å². The van der Waals surface area contributed by atoms with Crippen molar-refractivity contribution in [3.63, 3.8) is 0 Å². The van der Waals surface area contributed by atoms with E-state index in [4.69, 9.17) is 0 Å². The first kappa shape index (κ1) is 13.9. The minimum atomic E-state index is 0.440. The molecular formula is C19H27N. The second-order valence-corrected chi connectivity index (χ2v) is 7.01. The van der Waals surface area contributed by atoms with Gasteiger partial charge in [-0.15, -0.1) is 0 Å². The lowest BCUT2D eigenvalue weighted by atomic mass is 9.66. The van der Waals surface area contributed by atoms with Crippen molar-refractivity contribution in [3.05, 3.63) is 41.0 Å². The van der Waals surface area contributed by atoms with Crippen molar-refractivity contribution < 1.29 is 0 Å². The standard InChI is InChI=1S/C19H27N/c1-14(2)17-6-4-5-15-13-19(12-9-18(15)17)10-7-16(20-3)8-11-19/h4-6,9,12,14,16,20H,7-8,10-11,13H2,1-3H3. The van der Waals surface area contributed by atoms with Crippen LogP contribution in [0.3, 0.4) is 0 Å². The number of fused-ring (bicyclic) bond motifs is 1. The van der Waals surface area contributed by atoms with Gasteiger partial charge in [-0.25, -0.2) is 0 Å². The van der Waals surface area contributed by atoms with Crippen LogP contribution in [0, 0.1) is 5.41 Å². The smallest absolute Gasteiger partial charge is 0.00647 e. The highest BCUT2D eigenvalue weighted by Gasteiger charge is 2.35. The summed E-state index contributed by atoms with van der Waals surface area (Å²) in [6, 6.07) is 7.62. The monoisotopic (exact) mass is 269 g/mol. The minimum absolute atomic E-state index is 0.440. The molecule has 1 saturated carbocycles. The van der Waals surface area contributed by atoms with E-state index >= 15 is 0 Å². The normalized spacial score (nSPS) is 28.9. The number of hydrogen-bond acceptors (Lipinski definition) is 1. The van der Waals surface area contributed by atoms with Gasteiger partial charge in [0, 0.05) is 6.04 Å². The Kier molecular flexibility index (Phi) is 3.72. The van der Waals surface area contributed by atoms with E-state index in [-0.39, 0.29) is 0 Å². The van der Waals surface area contributed by atoms with Gasteiger partial charge >= 0.3 is 0 Å². The Hall–Kier alpha value is -1.08. The van der Waals surface area contributed by atoms with Crippen LogP contribution >= 0.6 is 0 Å². The third-order valence-corrected chi connectivity index (χ3v) is 5.39. The van der Waals surface area contributed by atoms with E-state index in [0.29, 0.717) is 11.3 Å². The topological polar surface area (TPSA) is 12.0 Å². The fourth-order valence-corrected chi connectivity index (χ4v) is 4.02. The fraction of sp³-hybridized carbons (Fsp3) is 0.579. The Bertz CT molecular complexity index is 504. The van der Waals surface area contributed by atoms with Crippen LogP contribution in [0.5, 0.6) is 0 Å². The van der Waals surface area contributed by atoms with Crippen LogP contribution in [0.4, 0.5) is 0 Å². The molecule has 1 aromatic carbocycles. The average Bonchev–Trinajstić information content (AvgIpc) is 2.47. The first-order valence-electron chi connectivity index (χ1n) is 8.12. The summed E-state index contributed by atoms with van der Waals surface area (Å²) >= 11 is 0. The molecule has 3 rings (SSSR count). The molecule has 0 saturated heterocycles. The molecule has 0 atom stereocenters. The maximum Gasteiger partial charge on any atom is 0.00647 e. The van der Waals surface area contributed by atoms with E-state index in [1.807, 2.05) is 0 Å². The molecule has 0 radical (unpaired) electrons. The maximum atomic E-state index is 3.44. The van der Waals surface area contributed by atoms with Crippen molar-refractivity contribution in [2.75, 3.05) is 7.05 Å². The maximum absolute atomic E-state index is 3.44. The summed E-state index contributed by atoms with van der Waals surface area (Å²) in [5.74, 6) is 0.615. The molecule has 20 heavy (non-hydrogen) atoms. The van der Waals surface area contributed by atoms with Gasteiger partial charge in [0.05, 0.1) is 0 Å². The Labute approximate surface area is 123 Å². The molecule has 1 nitrogen and oxygen atoms in total. The lowest BCUT2D eigenvalue weighted by molar-refractivity contribution is 0.220. The van der Waals surface area contributed by atoms with Crippen molar-refractivity contribution in [3.8, 4) is 0 Å². The van der Waals surface area contributed by atoms with Crippen LogP contribution in [0.25, 0.3) is 6.08 Å². The van der Waals surface area contributed by atoms with Crippen LogP contribution in [0.15, 0.2) is 24.3 Å². The Balaban J connectivity index is 1.86. The van der Waals surface area contributed by atoms with Crippen LogP contribution in [0.1, 0.15) is 62.1 Å². The molecule has 0 heterocycles. The Morgan fingerprint density at radius 1 is 1.20 bits per heavy atom. The van der Waals surface area contributed by atoms with E-state index in [9.17, 15) is 0 Å². The third-order valence-electron chi connectivity index (χ3n) is 5.39. The first-order valence-corrected chi connectivity index (χ1v) is 8.12. The molecule has 0 aliphatic heterocycles.